The van der Waals surface area contributed by atoms with Gasteiger partial charge in [-0.2, -0.15) is 0 Å². The Balaban J connectivity index is 2.07. The molecular weight excluding hydrogens is 362 g/mol. The lowest BCUT2D eigenvalue weighted by molar-refractivity contribution is -0.119. The molecule has 144 valence electrons. The van der Waals surface area contributed by atoms with Crippen LogP contribution >= 0.6 is 0 Å². The molecule has 6 heteroatoms. The number of ether oxygens (including phenoxy) is 1. The van der Waals surface area contributed by atoms with Gasteiger partial charge in [0.2, 0.25) is 0 Å². The first kappa shape index (κ1) is 20.8. The molecule has 0 saturated carbocycles. The summed E-state index contributed by atoms with van der Waals surface area (Å²) in [4.78, 5) is 25.1. The molecule has 1 amide bonds. The molecule has 5 nitrogen and oxygen atoms in total. The van der Waals surface area contributed by atoms with Crippen molar-refractivity contribution in [3.63, 3.8) is 0 Å². The van der Waals surface area contributed by atoms with Crippen molar-refractivity contribution in [2.75, 3.05) is 17.7 Å². The summed E-state index contributed by atoms with van der Waals surface area (Å²) in [6.45, 7) is 5.43. The molecule has 0 saturated heterocycles. The summed E-state index contributed by atoms with van der Waals surface area (Å²) in [5.41, 5.74) is 3.10. The maximum absolute atomic E-state index is 12.4. The standard InChI is InChI=1S/C21H25NO4S/c1-4-15-10-9-11-16(5-2)20(15)22-19(23)14-26-21(24)17-12-7-8-13-18(17)27(25)6-3/h7-13H,4-6,14H2,1-3H3,(H,22,23)/t27-/m0/s1. The van der Waals surface area contributed by atoms with Crippen molar-refractivity contribution in [1.82, 2.24) is 0 Å². The molecule has 0 aliphatic carbocycles. The first-order chi connectivity index (χ1) is 13.0. The highest BCUT2D eigenvalue weighted by Crippen LogP contribution is 2.22. The summed E-state index contributed by atoms with van der Waals surface area (Å²) in [6, 6.07) is 12.5. The lowest BCUT2D eigenvalue weighted by Gasteiger charge is -2.14. The summed E-state index contributed by atoms with van der Waals surface area (Å²) in [6.07, 6.45) is 1.58. The number of rotatable bonds is 8. The first-order valence-electron chi connectivity index (χ1n) is 9.06. The van der Waals surface area contributed by atoms with Crippen molar-refractivity contribution in [3.8, 4) is 0 Å². The SMILES string of the molecule is CCc1cccc(CC)c1NC(=O)COC(=O)c1ccccc1[S@@](=O)CC. The zero-order valence-electron chi connectivity index (χ0n) is 15.9. The highest BCUT2D eigenvalue weighted by Gasteiger charge is 2.18. The fourth-order valence-electron chi connectivity index (χ4n) is 2.78. The van der Waals surface area contributed by atoms with Gasteiger partial charge in [0, 0.05) is 11.4 Å². The van der Waals surface area contributed by atoms with Gasteiger partial charge >= 0.3 is 5.97 Å². The number of amides is 1. The van der Waals surface area contributed by atoms with Crippen LogP contribution in [-0.4, -0.2) is 28.4 Å². The van der Waals surface area contributed by atoms with Crippen LogP contribution in [0.25, 0.3) is 0 Å². The topological polar surface area (TPSA) is 72.5 Å². The molecule has 0 aromatic heterocycles. The van der Waals surface area contributed by atoms with Gasteiger partial charge in [0.25, 0.3) is 5.91 Å². The second-order valence-corrected chi connectivity index (χ2v) is 7.62. The molecule has 27 heavy (non-hydrogen) atoms. The normalized spacial score (nSPS) is 11.7. The van der Waals surface area contributed by atoms with Crippen LogP contribution in [0.1, 0.15) is 42.3 Å². The Labute approximate surface area is 162 Å². The molecule has 0 unspecified atom stereocenters. The fraction of sp³-hybridized carbons (Fsp3) is 0.333. The minimum Gasteiger partial charge on any atom is -0.452 e. The van der Waals surface area contributed by atoms with E-state index in [2.05, 4.69) is 5.32 Å². The Morgan fingerprint density at radius 3 is 2.19 bits per heavy atom. The van der Waals surface area contributed by atoms with Crippen molar-refractivity contribution in [3.05, 3.63) is 59.2 Å². The highest BCUT2D eigenvalue weighted by molar-refractivity contribution is 7.85. The number of anilines is 1. The van der Waals surface area contributed by atoms with Crippen LogP contribution in [0.2, 0.25) is 0 Å². The second-order valence-electron chi connectivity index (χ2n) is 5.91. The van der Waals surface area contributed by atoms with Crippen LogP contribution in [0.3, 0.4) is 0 Å². The fourth-order valence-corrected chi connectivity index (χ4v) is 3.71. The molecule has 0 bridgehead atoms. The van der Waals surface area contributed by atoms with E-state index in [0.29, 0.717) is 10.6 Å². The zero-order chi connectivity index (χ0) is 19.8. The number of esters is 1. The monoisotopic (exact) mass is 387 g/mol. The summed E-state index contributed by atoms with van der Waals surface area (Å²) in [5.74, 6) is -0.645. The smallest absolute Gasteiger partial charge is 0.339 e. The van der Waals surface area contributed by atoms with Gasteiger partial charge in [-0.05, 0) is 36.1 Å². The van der Waals surface area contributed by atoms with Crippen LogP contribution in [0, 0.1) is 0 Å². The number of para-hydroxylation sites is 1. The average molecular weight is 388 g/mol. The van der Waals surface area contributed by atoms with E-state index >= 15 is 0 Å². The number of hydrogen-bond acceptors (Lipinski definition) is 4. The lowest BCUT2D eigenvalue weighted by atomic mass is 10.0. The minimum atomic E-state index is -1.28. The molecule has 2 aromatic rings. The third-order valence-electron chi connectivity index (χ3n) is 4.21. The van der Waals surface area contributed by atoms with Gasteiger partial charge in [-0.15, -0.1) is 0 Å². The predicted molar refractivity (Wildman–Crippen MR) is 108 cm³/mol. The maximum Gasteiger partial charge on any atom is 0.339 e. The van der Waals surface area contributed by atoms with Gasteiger partial charge in [0.15, 0.2) is 6.61 Å². The molecule has 0 heterocycles. The predicted octanol–water partition coefficient (Wildman–Crippen LogP) is 3.73. The van der Waals surface area contributed by atoms with Crippen LogP contribution < -0.4 is 5.32 Å². The van der Waals surface area contributed by atoms with Gasteiger partial charge in [-0.3, -0.25) is 9.00 Å². The van der Waals surface area contributed by atoms with E-state index in [9.17, 15) is 13.8 Å². The van der Waals surface area contributed by atoms with Gasteiger partial charge < -0.3 is 10.1 Å². The summed E-state index contributed by atoms with van der Waals surface area (Å²) >= 11 is 0. The van der Waals surface area contributed by atoms with Crippen molar-refractivity contribution >= 4 is 28.4 Å². The molecule has 0 spiro atoms. The van der Waals surface area contributed by atoms with Crippen LogP contribution in [0.15, 0.2) is 47.4 Å². The molecule has 1 atom stereocenters. The summed E-state index contributed by atoms with van der Waals surface area (Å²) in [7, 11) is -1.28. The summed E-state index contributed by atoms with van der Waals surface area (Å²) in [5, 5.41) is 2.86. The average Bonchev–Trinajstić information content (AvgIpc) is 2.71. The second kappa shape index (κ2) is 10.0. The van der Waals surface area contributed by atoms with Crippen LogP contribution in [-0.2, 0) is 33.2 Å². The minimum absolute atomic E-state index is 0.230. The molecule has 2 rings (SSSR count). The molecule has 1 N–H and O–H groups in total. The lowest BCUT2D eigenvalue weighted by Crippen LogP contribution is -2.22. The third-order valence-corrected chi connectivity index (χ3v) is 5.58. The van der Waals surface area contributed by atoms with Crippen molar-refractivity contribution in [1.29, 1.82) is 0 Å². The number of benzene rings is 2. The van der Waals surface area contributed by atoms with E-state index < -0.39 is 29.3 Å². The summed E-state index contributed by atoms with van der Waals surface area (Å²) < 4.78 is 17.2. The quantitative estimate of drug-likeness (QED) is 0.701. The molecule has 0 aliphatic rings. The number of nitrogens with one attached hydrogen (secondary N) is 1. The van der Waals surface area contributed by atoms with E-state index in [0.717, 1.165) is 29.7 Å². The van der Waals surface area contributed by atoms with Crippen molar-refractivity contribution in [2.24, 2.45) is 0 Å². The molecule has 0 aliphatic heterocycles. The maximum atomic E-state index is 12.4. The number of carbonyl (C=O) groups excluding carboxylic acids is 2. The van der Waals surface area contributed by atoms with Gasteiger partial charge in [-0.1, -0.05) is 51.1 Å². The Morgan fingerprint density at radius 1 is 0.963 bits per heavy atom. The number of carbonyl (C=O) groups is 2. The number of hydrogen-bond donors (Lipinski definition) is 1. The molecular formula is C21H25NO4S. The molecule has 2 aromatic carbocycles. The first-order valence-corrected chi connectivity index (χ1v) is 10.4. The largest absolute Gasteiger partial charge is 0.452 e. The zero-order valence-corrected chi connectivity index (χ0v) is 16.7. The van der Waals surface area contributed by atoms with E-state index in [4.69, 9.17) is 4.74 Å². The van der Waals surface area contributed by atoms with Crippen molar-refractivity contribution in [2.45, 2.75) is 38.5 Å². The molecule has 0 fully saturated rings. The van der Waals surface area contributed by atoms with Crippen LogP contribution in [0.4, 0.5) is 5.69 Å². The Bertz CT molecular complexity index is 826. The Morgan fingerprint density at radius 2 is 1.59 bits per heavy atom. The van der Waals surface area contributed by atoms with Crippen molar-refractivity contribution < 1.29 is 18.5 Å². The Kier molecular flexibility index (Phi) is 7.73. The van der Waals surface area contributed by atoms with E-state index in [1.807, 2.05) is 32.0 Å². The number of aryl methyl sites for hydroxylation is 2. The van der Waals surface area contributed by atoms with Gasteiger partial charge in [0.1, 0.15) is 0 Å². The van der Waals surface area contributed by atoms with E-state index in [1.54, 1.807) is 31.2 Å². The Hall–Kier alpha value is -2.47. The van der Waals surface area contributed by atoms with Gasteiger partial charge in [-0.25, -0.2) is 4.79 Å². The third kappa shape index (κ3) is 5.26. The van der Waals surface area contributed by atoms with E-state index in [1.165, 1.54) is 0 Å². The van der Waals surface area contributed by atoms with Gasteiger partial charge in [0.05, 0.1) is 21.3 Å². The van der Waals surface area contributed by atoms with E-state index in [-0.39, 0.29) is 5.56 Å². The highest BCUT2D eigenvalue weighted by atomic mass is 32.2. The molecule has 0 radical (unpaired) electrons. The van der Waals surface area contributed by atoms with Crippen LogP contribution in [0.5, 0.6) is 0 Å².